The lowest BCUT2D eigenvalue weighted by molar-refractivity contribution is 0.0140. The van der Waals surface area contributed by atoms with Gasteiger partial charge in [0.1, 0.15) is 28.6 Å². The number of anilines is 1. The minimum Gasteiger partial charge on any atom is -0.444 e. The van der Waals surface area contributed by atoms with E-state index in [9.17, 15) is 18.8 Å². The summed E-state index contributed by atoms with van der Waals surface area (Å²) in [5.74, 6) is -0.638. The van der Waals surface area contributed by atoms with Crippen LogP contribution >= 0.6 is 23.2 Å². The molecule has 2 aliphatic rings. The summed E-state index contributed by atoms with van der Waals surface area (Å²) < 4.78 is 18.9. The molecule has 3 aromatic heterocycles. The van der Waals surface area contributed by atoms with E-state index in [0.29, 0.717) is 68.0 Å². The van der Waals surface area contributed by atoms with E-state index in [1.807, 2.05) is 11.8 Å². The normalized spacial score (nSPS) is 19.7. The van der Waals surface area contributed by atoms with Crippen molar-refractivity contribution in [3.8, 4) is 0 Å². The number of halogens is 3. The highest BCUT2D eigenvalue weighted by atomic mass is 35.5. The number of pyridine rings is 2. The molecule has 1 N–H and O–H groups in total. The van der Waals surface area contributed by atoms with Gasteiger partial charge in [0, 0.05) is 61.8 Å². The number of hydrogen-bond acceptors (Lipinski definition) is 7. The van der Waals surface area contributed by atoms with Crippen LogP contribution in [0, 0.1) is 11.7 Å². The molecule has 2 saturated heterocycles. The van der Waals surface area contributed by atoms with Gasteiger partial charge in [0.05, 0.1) is 16.2 Å². The zero-order chi connectivity index (χ0) is 30.3. The van der Waals surface area contributed by atoms with Crippen LogP contribution in [0.15, 0.2) is 24.5 Å². The predicted molar refractivity (Wildman–Crippen MR) is 158 cm³/mol. The van der Waals surface area contributed by atoms with Gasteiger partial charge in [-0.05, 0) is 52.7 Å². The van der Waals surface area contributed by atoms with Crippen LogP contribution in [0.25, 0.3) is 11.0 Å². The zero-order valence-electron chi connectivity index (χ0n) is 23.9. The number of nitrogens with zero attached hydrogens (tertiary/aromatic N) is 5. The molecule has 2 aliphatic heterocycles. The molecule has 0 bridgehead atoms. The van der Waals surface area contributed by atoms with Crippen molar-refractivity contribution in [1.82, 2.24) is 24.8 Å². The lowest BCUT2D eigenvalue weighted by Crippen LogP contribution is -2.51. The van der Waals surface area contributed by atoms with Gasteiger partial charge in [-0.3, -0.25) is 9.59 Å². The van der Waals surface area contributed by atoms with Crippen LogP contribution in [0.4, 0.5) is 15.0 Å². The largest absolute Gasteiger partial charge is 0.444 e. The second-order valence-corrected chi connectivity index (χ2v) is 12.6. The monoisotopic (exact) mass is 618 g/mol. The first-order chi connectivity index (χ1) is 19.8. The Bertz CT molecular complexity index is 1530. The summed E-state index contributed by atoms with van der Waals surface area (Å²) >= 11 is 12.8. The summed E-state index contributed by atoms with van der Waals surface area (Å²) in [6.07, 6.45) is 3.47. The van der Waals surface area contributed by atoms with Gasteiger partial charge in [-0.2, -0.15) is 0 Å². The van der Waals surface area contributed by atoms with Crippen LogP contribution in [0.2, 0.25) is 10.0 Å². The van der Waals surface area contributed by atoms with Gasteiger partial charge in [-0.15, -0.1) is 0 Å². The lowest BCUT2D eigenvalue weighted by atomic mass is 9.85. The van der Waals surface area contributed by atoms with Crippen molar-refractivity contribution in [3.63, 3.8) is 0 Å². The summed E-state index contributed by atoms with van der Waals surface area (Å²) in [6, 6.07) is 2.80. The Kier molecular flexibility index (Phi) is 8.35. The number of aromatic amines is 1. The molecular weight excluding hydrogens is 586 g/mol. The molecule has 0 aromatic carbocycles. The van der Waals surface area contributed by atoms with Crippen molar-refractivity contribution < 1.29 is 23.5 Å². The van der Waals surface area contributed by atoms with E-state index in [2.05, 4.69) is 15.0 Å². The van der Waals surface area contributed by atoms with Gasteiger partial charge in [0.15, 0.2) is 5.78 Å². The third-order valence-electron chi connectivity index (χ3n) is 7.61. The van der Waals surface area contributed by atoms with Crippen molar-refractivity contribution in [2.45, 2.75) is 52.2 Å². The lowest BCUT2D eigenvalue weighted by Gasteiger charge is -2.38. The number of carbonyl (C=O) groups excluding carboxylic acids is 3. The van der Waals surface area contributed by atoms with E-state index in [4.69, 9.17) is 27.9 Å². The Labute approximate surface area is 253 Å². The minimum absolute atomic E-state index is 0.0406. The maximum atomic E-state index is 13.6. The summed E-state index contributed by atoms with van der Waals surface area (Å²) in [6.45, 7) is 9.25. The standard InChI is InChI=1S/C29H33Cl2FN6O4/c1-16-11-17(5-6-38(16)26-22(31)12-18(32)14-34-26)24(39)20-15-33-25-19(20)13-21(30)23(35-25)27(40)36-7-9-37(10-8-36)28(41)42-29(2,3)4/h12-17H,5-11H2,1-4H3,(H,33,35). The highest BCUT2D eigenvalue weighted by molar-refractivity contribution is 6.34. The fraction of sp³-hybridized carbons (Fsp3) is 0.483. The van der Waals surface area contributed by atoms with E-state index in [0.717, 1.165) is 6.20 Å². The highest BCUT2D eigenvalue weighted by Gasteiger charge is 2.34. The maximum absolute atomic E-state index is 13.6. The van der Waals surface area contributed by atoms with Gasteiger partial charge in [-0.25, -0.2) is 19.2 Å². The second-order valence-electron chi connectivity index (χ2n) is 11.8. The van der Waals surface area contributed by atoms with Crippen LogP contribution in [-0.2, 0) is 4.74 Å². The number of carbonyl (C=O) groups is 3. The molecule has 2 amide bonds. The smallest absolute Gasteiger partial charge is 0.410 e. The van der Waals surface area contributed by atoms with Crippen LogP contribution in [-0.4, -0.2) is 86.9 Å². The van der Waals surface area contributed by atoms with E-state index in [-0.39, 0.29) is 39.4 Å². The topological polar surface area (TPSA) is 112 Å². The molecule has 0 saturated carbocycles. The maximum Gasteiger partial charge on any atom is 0.410 e. The Hall–Kier alpha value is -3.44. The van der Waals surface area contributed by atoms with Crippen LogP contribution in [0.5, 0.6) is 0 Å². The summed E-state index contributed by atoms with van der Waals surface area (Å²) in [5, 5.41) is 0.935. The molecular formula is C29H33Cl2FN6O4. The molecule has 0 spiro atoms. The number of H-pyrrole nitrogens is 1. The van der Waals surface area contributed by atoms with Crippen LogP contribution in [0.1, 0.15) is 61.4 Å². The van der Waals surface area contributed by atoms with Crippen molar-refractivity contribution in [2.75, 3.05) is 37.6 Å². The van der Waals surface area contributed by atoms with E-state index in [1.165, 1.54) is 6.07 Å². The fourth-order valence-electron chi connectivity index (χ4n) is 5.51. The molecule has 0 radical (unpaired) electrons. The number of Topliss-reactive ketones (excluding diaryl/α,β-unsaturated/α-hetero) is 1. The van der Waals surface area contributed by atoms with Gasteiger partial charge >= 0.3 is 6.09 Å². The Morgan fingerprint density at radius 2 is 1.74 bits per heavy atom. The number of aromatic nitrogens is 3. The van der Waals surface area contributed by atoms with Crippen molar-refractivity contribution >= 4 is 57.8 Å². The zero-order valence-corrected chi connectivity index (χ0v) is 25.4. The Balaban J connectivity index is 1.26. The number of piperidine rings is 1. The van der Waals surface area contributed by atoms with Crippen molar-refractivity contribution in [2.24, 2.45) is 5.92 Å². The molecule has 42 heavy (non-hydrogen) atoms. The average Bonchev–Trinajstić information content (AvgIpc) is 3.34. The molecule has 3 aromatic rings. The quantitative estimate of drug-likeness (QED) is 0.380. The first kappa shape index (κ1) is 30.0. The van der Waals surface area contributed by atoms with E-state index in [1.54, 1.807) is 42.8 Å². The molecule has 10 nitrogen and oxygen atoms in total. The minimum atomic E-state index is -0.599. The molecule has 5 heterocycles. The van der Waals surface area contributed by atoms with Gasteiger partial charge in [0.25, 0.3) is 5.91 Å². The molecule has 2 unspecified atom stereocenters. The number of hydrogen-bond donors (Lipinski definition) is 1. The number of fused-ring (bicyclic) bond motifs is 1. The average molecular weight is 620 g/mol. The second kappa shape index (κ2) is 11.7. The third kappa shape index (κ3) is 6.17. The van der Waals surface area contributed by atoms with Crippen LogP contribution < -0.4 is 4.90 Å². The summed E-state index contributed by atoms with van der Waals surface area (Å²) in [4.78, 5) is 56.1. The Morgan fingerprint density at radius 3 is 2.38 bits per heavy atom. The van der Waals surface area contributed by atoms with Crippen molar-refractivity contribution in [3.05, 3.63) is 51.6 Å². The SMILES string of the molecule is CC1CC(C(=O)c2c[nH]c3nc(C(=O)N4CCN(C(=O)OC(C)(C)C)CC4)c(Cl)cc23)CCN1c1ncc(F)cc1Cl. The summed E-state index contributed by atoms with van der Waals surface area (Å²) in [5.41, 5.74) is 0.346. The van der Waals surface area contributed by atoms with E-state index < -0.39 is 17.5 Å². The Morgan fingerprint density at radius 1 is 1.05 bits per heavy atom. The first-order valence-electron chi connectivity index (χ1n) is 13.9. The number of piperazine rings is 1. The van der Waals surface area contributed by atoms with Crippen LogP contribution in [0.3, 0.4) is 0 Å². The number of ether oxygens (including phenoxy) is 1. The summed E-state index contributed by atoms with van der Waals surface area (Å²) in [7, 11) is 0. The first-order valence-corrected chi connectivity index (χ1v) is 14.6. The molecule has 5 rings (SSSR count). The molecule has 224 valence electrons. The number of amides is 2. The van der Waals surface area contributed by atoms with Crippen molar-refractivity contribution in [1.29, 1.82) is 0 Å². The van der Waals surface area contributed by atoms with Gasteiger partial charge in [0.2, 0.25) is 0 Å². The molecule has 0 aliphatic carbocycles. The fourth-order valence-corrected chi connectivity index (χ4v) is 6.00. The highest BCUT2D eigenvalue weighted by Crippen LogP contribution is 2.34. The van der Waals surface area contributed by atoms with E-state index >= 15 is 0 Å². The number of rotatable bonds is 4. The number of ketones is 1. The molecule has 2 fully saturated rings. The predicted octanol–water partition coefficient (Wildman–Crippen LogP) is 5.58. The number of nitrogens with one attached hydrogen (secondary N) is 1. The third-order valence-corrected chi connectivity index (χ3v) is 8.18. The molecule has 2 atom stereocenters. The molecule has 13 heteroatoms. The van der Waals surface area contributed by atoms with Gasteiger partial charge in [-0.1, -0.05) is 23.2 Å². The van der Waals surface area contributed by atoms with Gasteiger partial charge < -0.3 is 24.4 Å².